The molecule has 6 nitrogen and oxygen atoms in total. The van der Waals surface area contributed by atoms with E-state index in [1.54, 1.807) is 4.90 Å². The Hall–Kier alpha value is -3.02. The average molecular weight is 381 g/mol. The molecule has 1 aliphatic heterocycles. The van der Waals surface area contributed by atoms with E-state index in [2.05, 4.69) is 10.2 Å². The highest BCUT2D eigenvalue weighted by Gasteiger charge is 2.36. The van der Waals surface area contributed by atoms with Gasteiger partial charge in [0.05, 0.1) is 18.2 Å². The van der Waals surface area contributed by atoms with Gasteiger partial charge in [0, 0.05) is 38.8 Å². The molecule has 2 aromatic carbocycles. The van der Waals surface area contributed by atoms with E-state index in [-0.39, 0.29) is 24.2 Å². The minimum absolute atomic E-state index is 0.0475. The Labute approximate surface area is 166 Å². The average Bonchev–Trinajstić information content (AvgIpc) is 3.11. The van der Waals surface area contributed by atoms with Gasteiger partial charge in [-0.3, -0.25) is 9.59 Å². The second kappa shape index (κ2) is 9.26. The van der Waals surface area contributed by atoms with Gasteiger partial charge in [-0.15, -0.1) is 0 Å². The topological polar surface area (TPSA) is 61.9 Å². The lowest BCUT2D eigenvalue weighted by molar-refractivity contribution is -0.126. The van der Waals surface area contributed by atoms with E-state index in [1.165, 1.54) is 0 Å². The maximum atomic E-state index is 12.6. The Morgan fingerprint density at radius 2 is 1.89 bits per heavy atom. The number of carbonyl (C=O) groups excluding carboxylic acids is 2. The zero-order valence-electron chi connectivity index (χ0n) is 16.4. The number of hydrogen-bond acceptors (Lipinski definition) is 4. The van der Waals surface area contributed by atoms with E-state index >= 15 is 0 Å². The van der Waals surface area contributed by atoms with Crippen LogP contribution in [0.1, 0.15) is 13.3 Å². The Kier molecular flexibility index (Phi) is 6.53. The van der Waals surface area contributed by atoms with Gasteiger partial charge < -0.3 is 19.9 Å². The van der Waals surface area contributed by atoms with Gasteiger partial charge >= 0.3 is 0 Å². The zero-order valence-corrected chi connectivity index (χ0v) is 16.4. The van der Waals surface area contributed by atoms with Crippen LogP contribution in [0.2, 0.25) is 0 Å². The quantitative estimate of drug-likeness (QED) is 0.764. The highest BCUT2D eigenvalue weighted by Crippen LogP contribution is 2.33. The van der Waals surface area contributed by atoms with Crippen LogP contribution in [0.5, 0.6) is 5.75 Å². The molecule has 1 unspecified atom stereocenters. The monoisotopic (exact) mass is 381 g/mol. The van der Waals surface area contributed by atoms with Gasteiger partial charge in [0.15, 0.2) is 0 Å². The van der Waals surface area contributed by atoms with E-state index < -0.39 is 0 Å². The number of ether oxygens (including phenoxy) is 1. The highest BCUT2D eigenvalue weighted by molar-refractivity contribution is 6.01. The van der Waals surface area contributed by atoms with Gasteiger partial charge in [-0.2, -0.15) is 0 Å². The lowest BCUT2D eigenvalue weighted by Crippen LogP contribution is -2.37. The Morgan fingerprint density at radius 1 is 1.18 bits per heavy atom. The Bertz CT molecular complexity index is 810. The van der Waals surface area contributed by atoms with Crippen molar-refractivity contribution in [2.75, 3.05) is 43.1 Å². The lowest BCUT2D eigenvalue weighted by atomic mass is 10.1. The molecular formula is C22H27N3O3. The number of nitrogens with zero attached hydrogens (tertiary/aromatic N) is 2. The minimum atomic E-state index is -0.343. The number of para-hydroxylation sites is 3. The molecule has 2 amide bonds. The summed E-state index contributed by atoms with van der Waals surface area (Å²) < 4.78 is 5.63. The molecule has 1 N–H and O–H groups in total. The zero-order chi connectivity index (χ0) is 19.9. The van der Waals surface area contributed by atoms with Gasteiger partial charge in [-0.1, -0.05) is 30.3 Å². The Balaban J connectivity index is 1.54. The predicted octanol–water partition coefficient (Wildman–Crippen LogP) is 2.69. The van der Waals surface area contributed by atoms with Crippen LogP contribution in [0.4, 0.5) is 11.4 Å². The molecule has 3 rings (SSSR count). The summed E-state index contributed by atoms with van der Waals surface area (Å²) in [5.74, 6) is 0.202. The fourth-order valence-electron chi connectivity index (χ4n) is 3.38. The molecule has 0 saturated carbocycles. The number of anilines is 2. The van der Waals surface area contributed by atoms with Crippen LogP contribution < -0.4 is 19.9 Å². The number of amides is 2. The number of hydrogen-bond donors (Lipinski definition) is 1. The van der Waals surface area contributed by atoms with Crippen LogP contribution in [0, 0.1) is 5.92 Å². The van der Waals surface area contributed by atoms with Crippen LogP contribution in [0.15, 0.2) is 54.6 Å². The van der Waals surface area contributed by atoms with Gasteiger partial charge in [0.2, 0.25) is 11.8 Å². The molecule has 0 radical (unpaired) electrons. The smallest absolute Gasteiger partial charge is 0.227 e. The SMILES string of the molecule is CCOc1ccccc1N1CC(C(=O)NCCN(C)c2ccccc2)CC1=O. The predicted molar refractivity (Wildman–Crippen MR) is 111 cm³/mol. The molecule has 1 heterocycles. The normalized spacial score (nSPS) is 16.1. The van der Waals surface area contributed by atoms with E-state index in [0.29, 0.717) is 32.0 Å². The Morgan fingerprint density at radius 3 is 2.64 bits per heavy atom. The maximum absolute atomic E-state index is 12.6. The first-order valence-corrected chi connectivity index (χ1v) is 9.66. The number of benzene rings is 2. The summed E-state index contributed by atoms with van der Waals surface area (Å²) >= 11 is 0. The third kappa shape index (κ3) is 4.63. The van der Waals surface area contributed by atoms with Crippen molar-refractivity contribution in [2.24, 2.45) is 5.92 Å². The maximum Gasteiger partial charge on any atom is 0.227 e. The van der Waals surface area contributed by atoms with E-state index in [0.717, 1.165) is 11.4 Å². The van der Waals surface area contributed by atoms with Gasteiger partial charge in [0.1, 0.15) is 5.75 Å². The van der Waals surface area contributed by atoms with Crippen LogP contribution in [-0.2, 0) is 9.59 Å². The summed E-state index contributed by atoms with van der Waals surface area (Å²) in [6.45, 7) is 4.05. The van der Waals surface area contributed by atoms with E-state index in [9.17, 15) is 9.59 Å². The van der Waals surface area contributed by atoms with E-state index in [1.807, 2.05) is 68.6 Å². The van der Waals surface area contributed by atoms with Crippen LogP contribution in [-0.4, -0.2) is 45.1 Å². The second-order valence-electron chi connectivity index (χ2n) is 6.85. The van der Waals surface area contributed by atoms with Crippen molar-refractivity contribution in [1.82, 2.24) is 5.32 Å². The number of nitrogens with one attached hydrogen (secondary N) is 1. The molecule has 148 valence electrons. The van der Waals surface area contributed by atoms with Gasteiger partial charge in [-0.25, -0.2) is 0 Å². The van der Waals surface area contributed by atoms with Crippen molar-refractivity contribution in [3.8, 4) is 5.75 Å². The summed E-state index contributed by atoms with van der Waals surface area (Å²) in [4.78, 5) is 28.8. The fraction of sp³-hybridized carbons (Fsp3) is 0.364. The van der Waals surface area contributed by atoms with Crippen molar-refractivity contribution in [1.29, 1.82) is 0 Å². The van der Waals surface area contributed by atoms with Crippen molar-refractivity contribution < 1.29 is 14.3 Å². The molecule has 0 aromatic heterocycles. The van der Waals surface area contributed by atoms with Crippen molar-refractivity contribution >= 4 is 23.2 Å². The molecule has 0 aliphatic carbocycles. The first-order chi connectivity index (χ1) is 13.6. The molecular weight excluding hydrogens is 354 g/mol. The van der Waals surface area contributed by atoms with Gasteiger partial charge in [0.25, 0.3) is 0 Å². The summed E-state index contributed by atoms with van der Waals surface area (Å²) in [6.07, 6.45) is 0.223. The first kappa shape index (κ1) is 19.7. The third-order valence-corrected chi connectivity index (χ3v) is 4.90. The lowest BCUT2D eigenvalue weighted by Gasteiger charge is -2.21. The molecule has 2 aromatic rings. The van der Waals surface area contributed by atoms with Crippen molar-refractivity contribution in [3.05, 3.63) is 54.6 Å². The first-order valence-electron chi connectivity index (χ1n) is 9.66. The third-order valence-electron chi connectivity index (χ3n) is 4.90. The summed E-state index contributed by atoms with van der Waals surface area (Å²) in [7, 11) is 1.99. The summed E-state index contributed by atoms with van der Waals surface area (Å²) in [5.41, 5.74) is 1.83. The van der Waals surface area contributed by atoms with Crippen LogP contribution in [0.25, 0.3) is 0 Å². The molecule has 0 spiro atoms. The van der Waals surface area contributed by atoms with E-state index in [4.69, 9.17) is 4.74 Å². The van der Waals surface area contributed by atoms with Crippen molar-refractivity contribution in [2.45, 2.75) is 13.3 Å². The van der Waals surface area contributed by atoms with Crippen molar-refractivity contribution in [3.63, 3.8) is 0 Å². The molecule has 28 heavy (non-hydrogen) atoms. The standard InChI is InChI=1S/C22H27N3O3/c1-3-28-20-12-8-7-11-19(20)25-16-17(15-21(25)26)22(27)23-13-14-24(2)18-9-5-4-6-10-18/h4-12,17H,3,13-16H2,1-2H3,(H,23,27). The highest BCUT2D eigenvalue weighted by atomic mass is 16.5. The molecule has 1 saturated heterocycles. The number of carbonyl (C=O) groups is 2. The molecule has 1 aliphatic rings. The largest absolute Gasteiger partial charge is 0.492 e. The fourth-order valence-corrected chi connectivity index (χ4v) is 3.38. The van der Waals surface area contributed by atoms with Crippen LogP contribution in [0.3, 0.4) is 0 Å². The molecule has 1 atom stereocenters. The minimum Gasteiger partial charge on any atom is -0.492 e. The van der Waals surface area contributed by atoms with Crippen LogP contribution >= 0.6 is 0 Å². The summed E-state index contributed by atoms with van der Waals surface area (Å²) in [5, 5.41) is 2.97. The molecule has 1 fully saturated rings. The molecule has 0 bridgehead atoms. The number of rotatable bonds is 8. The summed E-state index contributed by atoms with van der Waals surface area (Å²) in [6, 6.07) is 17.5. The molecule has 6 heteroatoms. The second-order valence-corrected chi connectivity index (χ2v) is 6.85. The number of likely N-dealkylation sites (N-methyl/N-ethyl adjacent to an activating group) is 1. The van der Waals surface area contributed by atoms with Gasteiger partial charge in [-0.05, 0) is 31.2 Å².